The third-order valence-corrected chi connectivity index (χ3v) is 6.83. The van der Waals surface area contributed by atoms with E-state index in [4.69, 9.17) is 16.3 Å². The first kappa shape index (κ1) is 30.8. The van der Waals surface area contributed by atoms with E-state index in [2.05, 4.69) is 30.5 Å². The molecule has 2 heterocycles. The molecule has 0 radical (unpaired) electrons. The number of ether oxygens (including phenoxy) is 1. The Kier molecular flexibility index (Phi) is 9.10. The summed E-state index contributed by atoms with van der Waals surface area (Å²) in [4.78, 5) is 24.1. The van der Waals surface area contributed by atoms with E-state index < -0.39 is 53.7 Å². The van der Waals surface area contributed by atoms with Crippen molar-refractivity contribution in [3.63, 3.8) is 0 Å². The van der Waals surface area contributed by atoms with Gasteiger partial charge in [0.05, 0.1) is 6.10 Å². The summed E-state index contributed by atoms with van der Waals surface area (Å²) in [5.41, 5.74) is -2.04. The maximum Gasteiger partial charge on any atom is 0.322 e. The average Bonchev–Trinajstić information content (AvgIpc) is 2.80. The predicted molar refractivity (Wildman–Crippen MR) is 142 cm³/mol. The second-order valence-electron chi connectivity index (χ2n) is 8.41. The third kappa shape index (κ3) is 7.48. The van der Waals surface area contributed by atoms with E-state index in [0.29, 0.717) is 0 Å². The molecule has 0 spiro atoms. The highest BCUT2D eigenvalue weighted by Crippen LogP contribution is 2.33. The zero-order valence-corrected chi connectivity index (χ0v) is 23.8. The normalized spacial score (nSPS) is 12.3. The van der Waals surface area contributed by atoms with Crippen LogP contribution in [-0.4, -0.2) is 56.7 Å². The lowest BCUT2D eigenvalue weighted by molar-refractivity contribution is 0.222. The van der Waals surface area contributed by atoms with Crippen LogP contribution in [0.15, 0.2) is 38.1 Å². The highest BCUT2D eigenvalue weighted by Gasteiger charge is 2.23. The van der Waals surface area contributed by atoms with Crippen molar-refractivity contribution in [1.29, 1.82) is 0 Å². The Balaban J connectivity index is 2.14. The molecular weight excluding hydrogens is 594 g/mol. The van der Waals surface area contributed by atoms with Crippen LogP contribution in [0.3, 0.4) is 0 Å². The fourth-order valence-corrected chi connectivity index (χ4v) is 4.87. The van der Waals surface area contributed by atoms with Gasteiger partial charge in [-0.05, 0) is 63.1 Å². The molecule has 16 nitrogen and oxygen atoms in total. The molecule has 0 saturated carbocycles. The molecule has 216 valence electrons. The van der Waals surface area contributed by atoms with Gasteiger partial charge in [-0.1, -0.05) is 0 Å². The number of aromatic nitrogens is 4. The lowest BCUT2D eigenvalue weighted by atomic mass is 10.1. The summed E-state index contributed by atoms with van der Waals surface area (Å²) < 4.78 is 72.1. The van der Waals surface area contributed by atoms with E-state index in [9.17, 15) is 35.8 Å². The van der Waals surface area contributed by atoms with Gasteiger partial charge in [0.2, 0.25) is 11.2 Å². The quantitative estimate of drug-likeness (QED) is 0.189. The zero-order chi connectivity index (χ0) is 30.0. The van der Waals surface area contributed by atoms with E-state index >= 15 is 0 Å². The Morgan fingerprint density at radius 2 is 1.80 bits per heavy atom. The fourth-order valence-electron chi connectivity index (χ4n) is 3.40. The molecule has 3 rings (SSSR count). The Morgan fingerprint density at radius 3 is 2.38 bits per heavy atom. The van der Waals surface area contributed by atoms with Crippen molar-refractivity contribution >= 4 is 54.8 Å². The van der Waals surface area contributed by atoms with Crippen molar-refractivity contribution in [2.75, 3.05) is 5.32 Å². The van der Waals surface area contributed by atoms with Crippen LogP contribution < -0.4 is 15.6 Å². The molecule has 0 unspecified atom stereocenters. The Labute approximate surface area is 233 Å². The molecule has 0 aliphatic rings. The van der Waals surface area contributed by atoms with Gasteiger partial charge in [-0.15, -0.1) is 10.2 Å². The van der Waals surface area contributed by atoms with E-state index in [0.717, 1.165) is 16.7 Å². The average molecular weight is 618 g/mol. The molecule has 19 heteroatoms. The highest BCUT2D eigenvalue weighted by molar-refractivity contribution is 7.86. The van der Waals surface area contributed by atoms with Crippen LogP contribution in [0.1, 0.15) is 31.9 Å². The van der Waals surface area contributed by atoms with E-state index in [1.165, 1.54) is 19.9 Å². The summed E-state index contributed by atoms with van der Waals surface area (Å²) in [6, 6.07) is 3.31. The Bertz CT molecular complexity index is 1760. The second-order valence-corrected chi connectivity index (χ2v) is 11.6. The smallest absolute Gasteiger partial charge is 0.322 e. The van der Waals surface area contributed by atoms with Gasteiger partial charge in [0, 0.05) is 17.8 Å². The highest BCUT2D eigenvalue weighted by atomic mass is 35.5. The molecule has 1 aromatic carbocycles. The van der Waals surface area contributed by atoms with Crippen LogP contribution in [0, 0.1) is 6.92 Å². The molecule has 2 aromatic heterocycles. The SMILES string of the molecule is CCn1c(O)c(CS(=O)(=O)O)c(C)c(N=Nc2cc(Nc3nc(Cl)nc(OC(C)C)n3)ccc2S(=O)(=O)O)c1=O. The standard InChI is InChI=1S/C21H24ClN7O9S2/c1-5-29-17(30)13(9-39(32,33)34)11(4)16(18(29)31)28-27-14-8-12(6-7-15(14)40(35,36)37)23-20-24-19(22)25-21(26-20)38-10(2)3/h6-8,10,30H,5,9H2,1-4H3,(H,32,33,34)(H,35,36,37)(H,23,24,25,26). The van der Waals surface area contributed by atoms with Gasteiger partial charge >= 0.3 is 6.01 Å². The van der Waals surface area contributed by atoms with E-state index in [1.807, 2.05) is 0 Å². The molecule has 0 atom stereocenters. The largest absolute Gasteiger partial charge is 0.494 e. The molecule has 0 saturated heterocycles. The summed E-state index contributed by atoms with van der Waals surface area (Å²) in [6.45, 7) is 6.14. The van der Waals surface area contributed by atoms with Gasteiger partial charge < -0.3 is 15.2 Å². The summed E-state index contributed by atoms with van der Waals surface area (Å²) in [5.74, 6) is -1.79. The summed E-state index contributed by atoms with van der Waals surface area (Å²) in [7, 11) is -9.45. The molecule has 3 aromatic rings. The molecular formula is C21H24ClN7O9S2. The minimum Gasteiger partial charge on any atom is -0.494 e. The van der Waals surface area contributed by atoms with E-state index in [1.54, 1.807) is 13.8 Å². The molecule has 0 aliphatic carbocycles. The molecule has 0 bridgehead atoms. The van der Waals surface area contributed by atoms with Crippen LogP contribution >= 0.6 is 11.6 Å². The van der Waals surface area contributed by atoms with Crippen LogP contribution in [0.5, 0.6) is 11.9 Å². The predicted octanol–water partition coefficient (Wildman–Crippen LogP) is 3.30. The molecule has 0 fully saturated rings. The lowest BCUT2D eigenvalue weighted by Crippen LogP contribution is -2.22. The van der Waals surface area contributed by atoms with Gasteiger partial charge in [0.15, 0.2) is 11.6 Å². The number of halogens is 1. The first-order chi connectivity index (χ1) is 18.5. The van der Waals surface area contributed by atoms with Crippen molar-refractivity contribution in [1.82, 2.24) is 19.5 Å². The van der Waals surface area contributed by atoms with Crippen molar-refractivity contribution in [2.24, 2.45) is 10.2 Å². The van der Waals surface area contributed by atoms with Crippen molar-refractivity contribution < 1.29 is 35.8 Å². The van der Waals surface area contributed by atoms with Crippen LogP contribution in [0.25, 0.3) is 0 Å². The van der Waals surface area contributed by atoms with Crippen molar-refractivity contribution in [3.8, 4) is 11.9 Å². The second kappa shape index (κ2) is 11.8. The number of aromatic hydroxyl groups is 1. The van der Waals surface area contributed by atoms with Crippen molar-refractivity contribution in [3.05, 3.63) is 45.0 Å². The number of nitrogens with one attached hydrogen (secondary N) is 1. The first-order valence-electron chi connectivity index (χ1n) is 11.3. The Morgan fingerprint density at radius 1 is 1.12 bits per heavy atom. The van der Waals surface area contributed by atoms with Crippen LogP contribution in [0.4, 0.5) is 23.0 Å². The molecule has 40 heavy (non-hydrogen) atoms. The number of hydrogen-bond donors (Lipinski definition) is 4. The van der Waals surface area contributed by atoms with Crippen LogP contribution in [-0.2, 0) is 32.5 Å². The molecule has 0 aliphatic heterocycles. The number of pyridine rings is 1. The zero-order valence-electron chi connectivity index (χ0n) is 21.4. The summed E-state index contributed by atoms with van der Waals surface area (Å²) in [5, 5.41) is 20.6. The van der Waals surface area contributed by atoms with Gasteiger partial charge in [-0.25, -0.2) is 0 Å². The maximum atomic E-state index is 12.9. The van der Waals surface area contributed by atoms with Gasteiger partial charge in [0.25, 0.3) is 25.8 Å². The molecule has 0 amide bonds. The summed E-state index contributed by atoms with van der Waals surface area (Å²) >= 11 is 5.92. The fraction of sp³-hybridized carbons (Fsp3) is 0.333. The maximum absolute atomic E-state index is 12.9. The topological polar surface area (TPSA) is 236 Å². The number of anilines is 2. The third-order valence-electron chi connectivity index (χ3n) is 5.10. The Hall–Kier alpha value is -3.71. The van der Waals surface area contributed by atoms with E-state index in [-0.39, 0.29) is 46.7 Å². The minimum atomic E-state index is -4.83. The lowest BCUT2D eigenvalue weighted by Gasteiger charge is -2.14. The number of azo groups is 1. The number of hydrogen-bond acceptors (Lipinski definition) is 13. The summed E-state index contributed by atoms with van der Waals surface area (Å²) in [6.07, 6.45) is -0.272. The van der Waals surface area contributed by atoms with Gasteiger partial charge in [0.1, 0.15) is 16.3 Å². The van der Waals surface area contributed by atoms with Crippen molar-refractivity contribution in [2.45, 2.75) is 51.0 Å². The molecule has 4 N–H and O–H groups in total. The van der Waals surface area contributed by atoms with Gasteiger partial charge in [-0.3, -0.25) is 18.5 Å². The minimum absolute atomic E-state index is 0.0757. The number of nitrogens with zero attached hydrogens (tertiary/aromatic N) is 6. The van der Waals surface area contributed by atoms with Crippen LogP contribution in [0.2, 0.25) is 5.28 Å². The first-order valence-corrected chi connectivity index (χ1v) is 14.7. The number of benzene rings is 1. The monoisotopic (exact) mass is 617 g/mol. The van der Waals surface area contributed by atoms with Gasteiger partial charge in [-0.2, -0.15) is 31.8 Å². The number of rotatable bonds is 10.